The smallest absolute Gasteiger partial charge is 0.258 e. The van der Waals surface area contributed by atoms with Gasteiger partial charge in [-0.05, 0) is 17.5 Å². The van der Waals surface area contributed by atoms with Crippen LogP contribution >= 0.6 is 0 Å². The van der Waals surface area contributed by atoms with Crippen molar-refractivity contribution in [1.82, 2.24) is 0 Å². The Morgan fingerprint density at radius 2 is 1.38 bits per heavy atom. The van der Waals surface area contributed by atoms with Crippen molar-refractivity contribution >= 4 is 17.1 Å². The number of rotatable bonds is 3. The third-order valence-corrected chi connectivity index (χ3v) is 3.76. The fraction of sp³-hybridized carbons (Fsp3) is 0.0714. The Labute approximate surface area is 133 Å². The molecule has 2 aromatic carbocycles. The van der Waals surface area contributed by atoms with E-state index in [0.29, 0.717) is 11.1 Å². The predicted molar refractivity (Wildman–Crippen MR) is 79.4 cm³/mol. The first-order valence-corrected chi connectivity index (χ1v) is 6.51. The molecule has 3 rings (SSSR count). The van der Waals surface area contributed by atoms with Gasteiger partial charge in [-0.3, -0.25) is 30.3 Å². The van der Waals surface area contributed by atoms with Crippen molar-refractivity contribution in [2.75, 3.05) is 0 Å². The maximum atomic E-state index is 11.3. The molecule has 0 bridgehead atoms. The summed E-state index contributed by atoms with van der Waals surface area (Å²) in [5.41, 5.74) is -0.344. The lowest BCUT2D eigenvalue weighted by atomic mass is 9.98. The summed E-state index contributed by atoms with van der Waals surface area (Å²) >= 11 is 0. The lowest BCUT2D eigenvalue weighted by molar-refractivity contribution is -0.393. The summed E-state index contributed by atoms with van der Waals surface area (Å²) in [4.78, 5) is 31.1. The molecule has 2 aromatic rings. The molecule has 0 atom stereocenters. The minimum atomic E-state index is -0.760. The molecule has 0 radical (unpaired) electrons. The Bertz CT molecular complexity index is 992. The maximum absolute atomic E-state index is 11.3. The summed E-state index contributed by atoms with van der Waals surface area (Å²) in [7, 11) is 0. The molecular weight excluding hydrogens is 320 g/mol. The Hall–Kier alpha value is -3.87. The third kappa shape index (κ3) is 2.12. The average Bonchev–Trinajstić information content (AvgIpc) is 2.90. The van der Waals surface area contributed by atoms with E-state index in [4.69, 9.17) is 0 Å². The molecule has 0 N–H and O–H groups in total. The van der Waals surface area contributed by atoms with Crippen LogP contribution < -0.4 is 0 Å². The first-order valence-electron chi connectivity index (χ1n) is 6.51. The van der Waals surface area contributed by atoms with Gasteiger partial charge >= 0.3 is 0 Å². The highest BCUT2D eigenvalue weighted by atomic mass is 16.6. The highest BCUT2D eigenvalue weighted by Gasteiger charge is 2.34. The van der Waals surface area contributed by atoms with Gasteiger partial charge in [-0.2, -0.15) is 5.26 Å². The van der Waals surface area contributed by atoms with Crippen LogP contribution in [0.1, 0.15) is 16.7 Å². The summed E-state index contributed by atoms with van der Waals surface area (Å²) in [6, 6.07) is 6.09. The van der Waals surface area contributed by atoms with Crippen LogP contribution in [0.3, 0.4) is 0 Å². The van der Waals surface area contributed by atoms with Crippen molar-refractivity contribution in [2.24, 2.45) is 0 Å². The van der Waals surface area contributed by atoms with Crippen LogP contribution in [0.25, 0.3) is 11.1 Å². The van der Waals surface area contributed by atoms with Gasteiger partial charge in [-0.15, -0.1) is 0 Å². The van der Waals surface area contributed by atoms with E-state index in [-0.39, 0.29) is 28.8 Å². The molecule has 0 fully saturated rings. The standard InChI is InChI=1S/C14H6N4O6/c15-6-9-4-10(16(19)20)2-7-1-8-3-11(17(21)22)5-12(18(23)24)14(8)13(7)9/h2-5H,1H2. The van der Waals surface area contributed by atoms with Gasteiger partial charge in [-0.1, -0.05) is 0 Å². The lowest BCUT2D eigenvalue weighted by Gasteiger charge is -2.05. The Morgan fingerprint density at radius 1 is 0.833 bits per heavy atom. The van der Waals surface area contributed by atoms with E-state index in [1.165, 1.54) is 12.1 Å². The van der Waals surface area contributed by atoms with Gasteiger partial charge in [0.2, 0.25) is 0 Å². The second-order valence-corrected chi connectivity index (χ2v) is 5.09. The molecule has 10 nitrogen and oxygen atoms in total. The highest BCUT2D eigenvalue weighted by molar-refractivity contribution is 5.89. The topological polar surface area (TPSA) is 153 Å². The lowest BCUT2D eigenvalue weighted by Crippen LogP contribution is -1.97. The second-order valence-electron chi connectivity index (χ2n) is 5.09. The number of nitro groups is 3. The van der Waals surface area contributed by atoms with Crippen molar-refractivity contribution in [3.63, 3.8) is 0 Å². The minimum Gasteiger partial charge on any atom is -0.258 e. The van der Waals surface area contributed by atoms with Crippen LogP contribution in [-0.4, -0.2) is 14.8 Å². The number of hydrogen-bond acceptors (Lipinski definition) is 7. The molecule has 0 spiro atoms. The molecule has 0 saturated heterocycles. The monoisotopic (exact) mass is 326 g/mol. The molecule has 0 aliphatic heterocycles. The molecule has 24 heavy (non-hydrogen) atoms. The predicted octanol–water partition coefficient (Wildman–Crippen LogP) is 2.85. The molecule has 1 aliphatic rings. The van der Waals surface area contributed by atoms with Crippen molar-refractivity contribution in [1.29, 1.82) is 5.26 Å². The SMILES string of the molecule is N#Cc1cc([N+](=O)[O-])cc2c1-c1c(cc([N+](=O)[O-])cc1[N+](=O)[O-])C2. The van der Waals surface area contributed by atoms with Gasteiger partial charge in [0.25, 0.3) is 17.1 Å². The fourth-order valence-corrected chi connectivity index (χ4v) is 2.87. The third-order valence-electron chi connectivity index (χ3n) is 3.76. The number of fused-ring (bicyclic) bond motifs is 3. The van der Waals surface area contributed by atoms with E-state index in [1.54, 1.807) is 6.07 Å². The van der Waals surface area contributed by atoms with Gasteiger partial charge in [0, 0.05) is 23.8 Å². The van der Waals surface area contributed by atoms with E-state index < -0.39 is 26.1 Å². The van der Waals surface area contributed by atoms with Crippen LogP contribution in [0.4, 0.5) is 17.1 Å². The summed E-state index contributed by atoms with van der Waals surface area (Å²) in [5.74, 6) is 0. The normalized spacial score (nSPS) is 11.3. The quantitative estimate of drug-likeness (QED) is 0.529. The first kappa shape index (κ1) is 15.0. The van der Waals surface area contributed by atoms with E-state index in [9.17, 15) is 35.6 Å². The summed E-state index contributed by atoms with van der Waals surface area (Å²) in [5, 5.41) is 42.5. The van der Waals surface area contributed by atoms with Crippen LogP contribution in [-0.2, 0) is 6.42 Å². The van der Waals surface area contributed by atoms with Gasteiger partial charge in [0.05, 0.1) is 32.0 Å². The van der Waals surface area contributed by atoms with Gasteiger partial charge in [-0.25, -0.2) is 0 Å². The Kier molecular flexibility index (Phi) is 3.19. The zero-order valence-corrected chi connectivity index (χ0v) is 11.8. The average molecular weight is 326 g/mol. The molecule has 1 aliphatic carbocycles. The van der Waals surface area contributed by atoms with Crippen molar-refractivity contribution in [3.05, 3.63) is 71.3 Å². The van der Waals surface area contributed by atoms with Crippen LogP contribution in [0, 0.1) is 41.7 Å². The number of nitriles is 1. The zero-order valence-electron chi connectivity index (χ0n) is 11.8. The van der Waals surface area contributed by atoms with E-state index in [0.717, 1.165) is 12.1 Å². The maximum Gasteiger partial charge on any atom is 0.284 e. The number of nitrogens with zero attached hydrogens (tertiary/aromatic N) is 4. The molecule has 0 amide bonds. The molecule has 0 heterocycles. The molecule has 10 heteroatoms. The van der Waals surface area contributed by atoms with Gasteiger partial charge < -0.3 is 0 Å². The van der Waals surface area contributed by atoms with Crippen molar-refractivity contribution in [2.45, 2.75) is 6.42 Å². The Balaban J connectivity index is 2.36. The van der Waals surface area contributed by atoms with Crippen LogP contribution in [0.15, 0.2) is 24.3 Å². The summed E-state index contributed by atoms with van der Waals surface area (Å²) < 4.78 is 0. The van der Waals surface area contributed by atoms with Crippen molar-refractivity contribution in [3.8, 4) is 17.2 Å². The second kappa shape index (κ2) is 5.10. The number of nitro benzene ring substituents is 3. The number of non-ortho nitro benzene ring substituents is 2. The molecule has 0 aromatic heterocycles. The largest absolute Gasteiger partial charge is 0.284 e. The van der Waals surface area contributed by atoms with Gasteiger partial charge in [0.1, 0.15) is 6.07 Å². The zero-order chi connectivity index (χ0) is 17.6. The van der Waals surface area contributed by atoms with Crippen LogP contribution in [0.2, 0.25) is 0 Å². The Morgan fingerprint density at radius 3 is 1.88 bits per heavy atom. The first-order chi connectivity index (χ1) is 11.3. The van der Waals surface area contributed by atoms with Crippen LogP contribution in [0.5, 0.6) is 0 Å². The van der Waals surface area contributed by atoms with E-state index in [2.05, 4.69) is 0 Å². The minimum absolute atomic E-state index is 0.0452. The fourth-order valence-electron chi connectivity index (χ4n) is 2.87. The number of benzene rings is 2. The summed E-state index contributed by atoms with van der Waals surface area (Å²) in [6.07, 6.45) is 0.0452. The molecule has 0 saturated carbocycles. The highest BCUT2D eigenvalue weighted by Crippen LogP contribution is 2.47. The van der Waals surface area contributed by atoms with Crippen molar-refractivity contribution < 1.29 is 14.8 Å². The van der Waals surface area contributed by atoms with E-state index in [1.807, 2.05) is 0 Å². The number of hydrogen-bond donors (Lipinski definition) is 0. The summed E-state index contributed by atoms with van der Waals surface area (Å²) in [6.45, 7) is 0. The van der Waals surface area contributed by atoms with E-state index >= 15 is 0 Å². The molecule has 0 unspecified atom stereocenters. The molecular formula is C14H6N4O6. The molecule has 118 valence electrons. The van der Waals surface area contributed by atoms with Gasteiger partial charge in [0.15, 0.2) is 0 Å².